The maximum absolute atomic E-state index is 6.13. The van der Waals surface area contributed by atoms with E-state index in [-0.39, 0.29) is 6.04 Å². The smallest absolute Gasteiger partial charge is 0.109 e. The molecular formula is C13H16N2S. The molecule has 0 aliphatic heterocycles. The van der Waals surface area contributed by atoms with Gasteiger partial charge in [0.2, 0.25) is 0 Å². The molecule has 1 aromatic carbocycles. The molecule has 2 unspecified atom stereocenters. The van der Waals surface area contributed by atoms with Crippen LogP contribution in [0.4, 0.5) is 0 Å². The van der Waals surface area contributed by atoms with Crippen LogP contribution in [0.1, 0.15) is 35.9 Å². The summed E-state index contributed by atoms with van der Waals surface area (Å²) in [6.07, 6.45) is 2.75. The van der Waals surface area contributed by atoms with Crippen LogP contribution in [-0.2, 0) is 0 Å². The molecule has 2 aromatic rings. The molecule has 2 N–H and O–H groups in total. The summed E-state index contributed by atoms with van der Waals surface area (Å²) in [5.41, 5.74) is 7.47. The Balaban J connectivity index is 2.00. The van der Waals surface area contributed by atoms with E-state index in [0.29, 0.717) is 5.92 Å². The largest absolute Gasteiger partial charge is 0.322 e. The molecule has 84 valence electrons. The second kappa shape index (κ2) is 5.23. The van der Waals surface area contributed by atoms with Crippen molar-refractivity contribution >= 4 is 11.3 Å². The quantitative estimate of drug-likeness (QED) is 0.878. The number of rotatable bonds is 4. The van der Waals surface area contributed by atoms with Gasteiger partial charge in [-0.15, -0.1) is 11.3 Å². The lowest BCUT2D eigenvalue weighted by Crippen LogP contribution is -2.13. The fourth-order valence-electron chi connectivity index (χ4n) is 1.82. The number of nitrogens with two attached hydrogens (primary N) is 1. The summed E-state index contributed by atoms with van der Waals surface area (Å²) in [7, 11) is 0. The Labute approximate surface area is 100 Å². The van der Waals surface area contributed by atoms with Crippen molar-refractivity contribution in [3.63, 3.8) is 0 Å². The van der Waals surface area contributed by atoms with E-state index in [1.807, 2.05) is 17.6 Å². The van der Waals surface area contributed by atoms with Crippen LogP contribution in [0.15, 0.2) is 41.9 Å². The van der Waals surface area contributed by atoms with Crippen molar-refractivity contribution in [1.29, 1.82) is 0 Å². The molecule has 16 heavy (non-hydrogen) atoms. The van der Waals surface area contributed by atoms with Gasteiger partial charge in [0.05, 0.1) is 6.04 Å². The van der Waals surface area contributed by atoms with Gasteiger partial charge in [-0.1, -0.05) is 37.3 Å². The number of aromatic nitrogens is 1. The SMILES string of the molecule is CC(CC(N)c1nccs1)c1ccccc1. The molecule has 0 saturated carbocycles. The average Bonchev–Trinajstić information content (AvgIpc) is 2.83. The molecule has 0 aliphatic rings. The minimum Gasteiger partial charge on any atom is -0.322 e. The fourth-order valence-corrected chi connectivity index (χ4v) is 2.47. The maximum atomic E-state index is 6.13. The predicted molar refractivity (Wildman–Crippen MR) is 68.5 cm³/mol. The van der Waals surface area contributed by atoms with Gasteiger partial charge in [-0.25, -0.2) is 4.98 Å². The first-order chi connectivity index (χ1) is 7.77. The molecule has 0 radical (unpaired) electrons. The van der Waals surface area contributed by atoms with Gasteiger partial charge in [-0.05, 0) is 17.9 Å². The van der Waals surface area contributed by atoms with E-state index in [1.165, 1.54) is 5.56 Å². The van der Waals surface area contributed by atoms with Crippen LogP contribution in [0.5, 0.6) is 0 Å². The highest BCUT2D eigenvalue weighted by Gasteiger charge is 2.14. The first-order valence-corrected chi connectivity index (χ1v) is 6.35. The third-order valence-corrected chi connectivity index (χ3v) is 3.65. The fraction of sp³-hybridized carbons (Fsp3) is 0.308. The zero-order chi connectivity index (χ0) is 11.4. The topological polar surface area (TPSA) is 38.9 Å². The zero-order valence-corrected chi connectivity index (χ0v) is 10.2. The minimum atomic E-state index is 0.0511. The van der Waals surface area contributed by atoms with Crippen molar-refractivity contribution in [1.82, 2.24) is 4.98 Å². The van der Waals surface area contributed by atoms with Crippen molar-refractivity contribution in [2.45, 2.75) is 25.3 Å². The number of thiazole rings is 1. The molecule has 2 nitrogen and oxygen atoms in total. The van der Waals surface area contributed by atoms with E-state index in [2.05, 4.69) is 36.2 Å². The van der Waals surface area contributed by atoms with Crippen molar-refractivity contribution in [3.8, 4) is 0 Å². The summed E-state index contributed by atoms with van der Waals surface area (Å²) in [5.74, 6) is 0.472. The van der Waals surface area contributed by atoms with Gasteiger partial charge in [-0.2, -0.15) is 0 Å². The Morgan fingerprint density at radius 3 is 2.69 bits per heavy atom. The third-order valence-electron chi connectivity index (χ3n) is 2.74. The highest BCUT2D eigenvalue weighted by atomic mass is 32.1. The standard InChI is InChI=1S/C13H16N2S/c1-10(11-5-3-2-4-6-11)9-12(14)13-15-7-8-16-13/h2-8,10,12H,9,14H2,1H3. The number of benzene rings is 1. The minimum absolute atomic E-state index is 0.0511. The van der Waals surface area contributed by atoms with Crippen LogP contribution in [0.25, 0.3) is 0 Å². The van der Waals surface area contributed by atoms with E-state index in [4.69, 9.17) is 5.73 Å². The second-order valence-corrected chi connectivity index (χ2v) is 4.95. The van der Waals surface area contributed by atoms with Crippen molar-refractivity contribution in [2.75, 3.05) is 0 Å². The van der Waals surface area contributed by atoms with Crippen LogP contribution < -0.4 is 5.73 Å². The van der Waals surface area contributed by atoms with Gasteiger partial charge in [0.25, 0.3) is 0 Å². The molecule has 0 amide bonds. The predicted octanol–water partition coefficient (Wildman–Crippen LogP) is 3.34. The summed E-state index contributed by atoms with van der Waals surface area (Å²) >= 11 is 1.63. The Kier molecular flexibility index (Phi) is 3.70. The van der Waals surface area contributed by atoms with Crippen molar-refractivity contribution in [3.05, 3.63) is 52.5 Å². The summed E-state index contributed by atoms with van der Waals surface area (Å²) in [6, 6.07) is 10.5. The van der Waals surface area contributed by atoms with Gasteiger partial charge in [0.1, 0.15) is 5.01 Å². The Morgan fingerprint density at radius 1 is 1.31 bits per heavy atom. The van der Waals surface area contributed by atoms with Gasteiger partial charge in [0, 0.05) is 11.6 Å². The van der Waals surface area contributed by atoms with Gasteiger partial charge >= 0.3 is 0 Å². The van der Waals surface area contributed by atoms with E-state index < -0.39 is 0 Å². The molecule has 0 fully saturated rings. The van der Waals surface area contributed by atoms with Gasteiger partial charge < -0.3 is 5.73 Å². The average molecular weight is 232 g/mol. The second-order valence-electron chi connectivity index (χ2n) is 4.02. The molecular weight excluding hydrogens is 216 g/mol. The number of hydrogen-bond donors (Lipinski definition) is 1. The lowest BCUT2D eigenvalue weighted by atomic mass is 9.94. The normalized spacial score (nSPS) is 14.6. The van der Waals surface area contributed by atoms with Gasteiger partial charge in [-0.3, -0.25) is 0 Å². The first kappa shape index (κ1) is 11.3. The van der Waals surface area contributed by atoms with E-state index in [0.717, 1.165) is 11.4 Å². The molecule has 3 heteroatoms. The van der Waals surface area contributed by atoms with E-state index in [9.17, 15) is 0 Å². The highest BCUT2D eigenvalue weighted by molar-refractivity contribution is 7.09. The zero-order valence-electron chi connectivity index (χ0n) is 9.34. The van der Waals surface area contributed by atoms with E-state index >= 15 is 0 Å². The number of nitrogens with zero attached hydrogens (tertiary/aromatic N) is 1. The van der Waals surface area contributed by atoms with E-state index in [1.54, 1.807) is 11.3 Å². The molecule has 1 aromatic heterocycles. The molecule has 2 rings (SSSR count). The molecule has 1 heterocycles. The summed E-state index contributed by atoms with van der Waals surface area (Å²) in [6.45, 7) is 2.21. The maximum Gasteiger partial charge on any atom is 0.109 e. The number of hydrogen-bond acceptors (Lipinski definition) is 3. The summed E-state index contributed by atoms with van der Waals surface area (Å²) in [5, 5.41) is 3.00. The molecule has 0 aliphatic carbocycles. The molecule has 0 bridgehead atoms. The highest BCUT2D eigenvalue weighted by Crippen LogP contribution is 2.26. The van der Waals surface area contributed by atoms with Crippen LogP contribution in [0.3, 0.4) is 0 Å². The van der Waals surface area contributed by atoms with Crippen LogP contribution >= 0.6 is 11.3 Å². The molecule has 2 atom stereocenters. The Hall–Kier alpha value is -1.19. The summed E-state index contributed by atoms with van der Waals surface area (Å²) in [4.78, 5) is 4.26. The lowest BCUT2D eigenvalue weighted by Gasteiger charge is -2.15. The van der Waals surface area contributed by atoms with Crippen LogP contribution in [0.2, 0.25) is 0 Å². The first-order valence-electron chi connectivity index (χ1n) is 5.47. The van der Waals surface area contributed by atoms with Crippen LogP contribution in [0, 0.1) is 0 Å². The lowest BCUT2D eigenvalue weighted by molar-refractivity contribution is 0.572. The molecule has 0 saturated heterocycles. The Bertz CT molecular complexity index is 411. The Morgan fingerprint density at radius 2 is 2.06 bits per heavy atom. The monoisotopic (exact) mass is 232 g/mol. The molecule has 0 spiro atoms. The van der Waals surface area contributed by atoms with Crippen LogP contribution in [-0.4, -0.2) is 4.98 Å². The third kappa shape index (κ3) is 2.68. The van der Waals surface area contributed by atoms with Crippen molar-refractivity contribution < 1.29 is 0 Å². The summed E-state index contributed by atoms with van der Waals surface area (Å²) < 4.78 is 0. The van der Waals surface area contributed by atoms with Gasteiger partial charge in [0.15, 0.2) is 0 Å². The van der Waals surface area contributed by atoms with Crippen molar-refractivity contribution in [2.24, 2.45) is 5.73 Å².